The van der Waals surface area contributed by atoms with Crippen LogP contribution in [0.25, 0.3) is 0 Å². The molecule has 5 heteroatoms. The van der Waals surface area contributed by atoms with Gasteiger partial charge in [0.25, 0.3) is 0 Å². The third-order valence-electron chi connectivity index (χ3n) is 2.86. The van der Waals surface area contributed by atoms with Gasteiger partial charge in [-0.25, -0.2) is 0 Å². The highest BCUT2D eigenvalue weighted by molar-refractivity contribution is 5.49. The van der Waals surface area contributed by atoms with E-state index in [1.54, 1.807) is 7.11 Å². The van der Waals surface area contributed by atoms with Crippen molar-refractivity contribution in [3.63, 3.8) is 0 Å². The molecule has 0 aliphatic rings. The van der Waals surface area contributed by atoms with Gasteiger partial charge in [0.05, 0.1) is 12.3 Å². The molecule has 0 amide bonds. The summed E-state index contributed by atoms with van der Waals surface area (Å²) in [4.78, 5) is 2.19. The van der Waals surface area contributed by atoms with Gasteiger partial charge in [-0.05, 0) is 13.5 Å². The topological polar surface area (TPSA) is 42.3 Å². The number of methoxy groups -OCH3 is 1. The van der Waals surface area contributed by atoms with E-state index in [2.05, 4.69) is 36.2 Å². The third kappa shape index (κ3) is 3.44. The van der Waals surface area contributed by atoms with E-state index in [4.69, 9.17) is 4.74 Å². The molecule has 0 aliphatic heterocycles. The first kappa shape index (κ1) is 14.0. The van der Waals surface area contributed by atoms with E-state index >= 15 is 0 Å². The van der Waals surface area contributed by atoms with Crippen molar-refractivity contribution in [2.45, 2.75) is 20.4 Å². The predicted molar refractivity (Wildman–Crippen MR) is 70.5 cm³/mol. The summed E-state index contributed by atoms with van der Waals surface area (Å²) in [6.45, 7) is 7.59. The number of ether oxygens (including phenoxy) is 1. The van der Waals surface area contributed by atoms with Gasteiger partial charge in [-0.15, -0.1) is 0 Å². The van der Waals surface area contributed by atoms with Crippen molar-refractivity contribution in [2.24, 2.45) is 7.05 Å². The highest BCUT2D eigenvalue weighted by Gasteiger charge is 2.15. The summed E-state index contributed by atoms with van der Waals surface area (Å²) in [7, 11) is 5.79. The second-order valence-corrected chi connectivity index (χ2v) is 4.21. The normalized spacial score (nSPS) is 10.9. The van der Waals surface area contributed by atoms with E-state index in [1.165, 1.54) is 11.4 Å². The van der Waals surface area contributed by atoms with E-state index < -0.39 is 0 Å². The van der Waals surface area contributed by atoms with Crippen molar-refractivity contribution in [3.8, 4) is 0 Å². The monoisotopic (exact) mass is 240 g/mol. The third-order valence-corrected chi connectivity index (χ3v) is 2.86. The zero-order valence-corrected chi connectivity index (χ0v) is 11.6. The van der Waals surface area contributed by atoms with Crippen molar-refractivity contribution in [2.75, 3.05) is 38.8 Å². The molecule has 0 spiro atoms. The van der Waals surface area contributed by atoms with Crippen LogP contribution in [0.4, 0.5) is 5.82 Å². The summed E-state index contributed by atoms with van der Waals surface area (Å²) < 4.78 is 7.06. The van der Waals surface area contributed by atoms with Crippen LogP contribution in [0.1, 0.15) is 18.2 Å². The molecule has 1 rings (SSSR count). The zero-order valence-electron chi connectivity index (χ0n) is 11.6. The Kier molecular flexibility index (Phi) is 5.44. The molecule has 0 radical (unpaired) electrons. The zero-order chi connectivity index (χ0) is 12.8. The summed E-state index contributed by atoms with van der Waals surface area (Å²) in [6, 6.07) is 0. The number of hydrogen-bond donors (Lipinski definition) is 1. The van der Waals surface area contributed by atoms with Gasteiger partial charge >= 0.3 is 0 Å². The first-order valence-corrected chi connectivity index (χ1v) is 6.05. The van der Waals surface area contributed by atoms with E-state index in [0.717, 1.165) is 31.9 Å². The molecule has 0 fully saturated rings. The van der Waals surface area contributed by atoms with Crippen LogP contribution in [0.2, 0.25) is 0 Å². The fourth-order valence-corrected chi connectivity index (χ4v) is 1.96. The van der Waals surface area contributed by atoms with Gasteiger partial charge in [-0.3, -0.25) is 4.68 Å². The molecule has 98 valence electrons. The Morgan fingerprint density at radius 1 is 1.47 bits per heavy atom. The average molecular weight is 240 g/mol. The maximum atomic E-state index is 5.11. The Labute approximate surface area is 104 Å². The predicted octanol–water partition coefficient (Wildman–Crippen LogP) is 0.921. The second-order valence-electron chi connectivity index (χ2n) is 4.21. The molecule has 1 heterocycles. The van der Waals surface area contributed by atoms with Gasteiger partial charge in [0.1, 0.15) is 5.82 Å². The Hall–Kier alpha value is -1.07. The highest BCUT2D eigenvalue weighted by Crippen LogP contribution is 2.21. The number of anilines is 1. The minimum Gasteiger partial charge on any atom is -0.383 e. The highest BCUT2D eigenvalue weighted by atomic mass is 16.5. The molecular weight excluding hydrogens is 216 g/mol. The molecule has 0 aromatic carbocycles. The van der Waals surface area contributed by atoms with Gasteiger partial charge in [-0.1, -0.05) is 6.92 Å². The van der Waals surface area contributed by atoms with Crippen molar-refractivity contribution >= 4 is 5.82 Å². The molecule has 1 aromatic rings. The quantitative estimate of drug-likeness (QED) is 0.769. The summed E-state index contributed by atoms with van der Waals surface area (Å²) in [6.07, 6.45) is 0. The molecule has 0 aliphatic carbocycles. The van der Waals surface area contributed by atoms with Gasteiger partial charge in [0.2, 0.25) is 0 Å². The number of hydrogen-bond acceptors (Lipinski definition) is 4. The second kappa shape index (κ2) is 6.61. The van der Waals surface area contributed by atoms with E-state index in [1.807, 2.05) is 11.7 Å². The molecule has 17 heavy (non-hydrogen) atoms. The summed E-state index contributed by atoms with van der Waals surface area (Å²) in [5.74, 6) is 1.17. The first-order valence-electron chi connectivity index (χ1n) is 6.05. The number of nitrogens with zero attached hydrogens (tertiary/aromatic N) is 3. The van der Waals surface area contributed by atoms with Crippen molar-refractivity contribution in [3.05, 3.63) is 11.3 Å². The Bertz CT molecular complexity index is 349. The lowest BCUT2D eigenvalue weighted by Crippen LogP contribution is -2.26. The van der Waals surface area contributed by atoms with Crippen molar-refractivity contribution in [1.82, 2.24) is 15.1 Å². The Morgan fingerprint density at radius 3 is 2.76 bits per heavy atom. The fourth-order valence-electron chi connectivity index (χ4n) is 1.96. The maximum absolute atomic E-state index is 5.11. The van der Waals surface area contributed by atoms with Crippen LogP contribution in [0.15, 0.2) is 0 Å². The van der Waals surface area contributed by atoms with Crippen LogP contribution in [-0.2, 0) is 18.3 Å². The molecule has 0 unspecified atom stereocenters. The number of likely N-dealkylation sites (N-methyl/N-ethyl adjacent to an activating group) is 1. The van der Waals surface area contributed by atoms with Gasteiger partial charge in [0.15, 0.2) is 0 Å². The lowest BCUT2D eigenvalue weighted by molar-refractivity contribution is 0.206. The Morgan fingerprint density at radius 2 is 2.18 bits per heavy atom. The minimum absolute atomic E-state index is 0.724. The first-order chi connectivity index (χ1) is 8.11. The number of nitrogens with one attached hydrogen (secondary N) is 1. The van der Waals surface area contributed by atoms with Gasteiger partial charge in [-0.2, -0.15) is 5.10 Å². The van der Waals surface area contributed by atoms with Crippen LogP contribution in [-0.4, -0.2) is 43.6 Å². The van der Waals surface area contributed by atoms with Crippen molar-refractivity contribution in [1.29, 1.82) is 0 Å². The minimum atomic E-state index is 0.724. The molecule has 0 bridgehead atoms. The number of aryl methyl sites for hydroxylation is 2. The fraction of sp³-hybridized carbons (Fsp3) is 0.750. The van der Waals surface area contributed by atoms with Crippen LogP contribution in [0, 0.1) is 6.92 Å². The SMILES string of the molecule is CCNCc1c(C)nn(C)c1N(C)CCOC. The molecule has 5 nitrogen and oxygen atoms in total. The summed E-state index contributed by atoms with van der Waals surface area (Å²) in [5.41, 5.74) is 2.36. The molecule has 1 N–H and O–H groups in total. The standard InChI is InChI=1S/C12H24N4O/c1-6-13-9-11-10(2)14-16(4)12(11)15(3)7-8-17-5/h13H,6-9H2,1-5H3. The average Bonchev–Trinajstić information content (AvgIpc) is 2.58. The lowest BCUT2D eigenvalue weighted by atomic mass is 10.2. The van der Waals surface area contributed by atoms with Crippen molar-refractivity contribution < 1.29 is 4.74 Å². The largest absolute Gasteiger partial charge is 0.383 e. The summed E-state index contributed by atoms with van der Waals surface area (Å²) >= 11 is 0. The van der Waals surface area contributed by atoms with Crippen LogP contribution >= 0.6 is 0 Å². The molecule has 1 aromatic heterocycles. The van der Waals surface area contributed by atoms with Crippen LogP contribution < -0.4 is 10.2 Å². The van der Waals surface area contributed by atoms with Gasteiger partial charge in [0, 0.05) is 39.9 Å². The van der Waals surface area contributed by atoms with Crippen LogP contribution in [0.5, 0.6) is 0 Å². The number of rotatable bonds is 7. The molecule has 0 saturated carbocycles. The molecular formula is C12H24N4O. The van der Waals surface area contributed by atoms with E-state index in [-0.39, 0.29) is 0 Å². The van der Waals surface area contributed by atoms with Crippen LogP contribution in [0.3, 0.4) is 0 Å². The van der Waals surface area contributed by atoms with E-state index in [0.29, 0.717) is 0 Å². The van der Waals surface area contributed by atoms with Gasteiger partial charge < -0.3 is 15.0 Å². The maximum Gasteiger partial charge on any atom is 0.131 e. The smallest absolute Gasteiger partial charge is 0.131 e. The molecule has 0 atom stereocenters. The lowest BCUT2D eigenvalue weighted by Gasteiger charge is -2.20. The molecule has 0 saturated heterocycles. The summed E-state index contributed by atoms with van der Waals surface area (Å²) in [5, 5.41) is 7.85. The number of aromatic nitrogens is 2. The Balaban J connectivity index is 2.87. The van der Waals surface area contributed by atoms with E-state index in [9.17, 15) is 0 Å².